The van der Waals surface area contributed by atoms with Crippen LogP contribution in [0.5, 0.6) is 11.5 Å². The van der Waals surface area contributed by atoms with Gasteiger partial charge in [0.05, 0.1) is 25.3 Å². The van der Waals surface area contributed by atoms with E-state index >= 15 is 0 Å². The van der Waals surface area contributed by atoms with Crippen molar-refractivity contribution in [2.75, 3.05) is 14.2 Å². The van der Waals surface area contributed by atoms with Crippen molar-refractivity contribution in [3.8, 4) is 23.8 Å². The number of carbonyl (C=O) groups excluding carboxylic acids is 1. The number of hydrogen-bond donors (Lipinski definition) is 0. The lowest BCUT2D eigenvalue weighted by Crippen LogP contribution is -1.95. The summed E-state index contributed by atoms with van der Waals surface area (Å²) in [6.07, 6.45) is 5.95. The molecule has 0 saturated heterocycles. The molecule has 0 aliphatic heterocycles. The Morgan fingerprint density at radius 1 is 1.29 bits per heavy atom. The van der Waals surface area contributed by atoms with Gasteiger partial charge in [-0.05, 0) is 6.07 Å². The highest BCUT2D eigenvalue weighted by Crippen LogP contribution is 2.27. The number of terminal acetylenes is 1. The van der Waals surface area contributed by atoms with Crippen molar-refractivity contribution in [1.29, 1.82) is 0 Å². The van der Waals surface area contributed by atoms with Crippen LogP contribution in [0, 0.1) is 12.3 Å². The molecule has 0 unspecified atom stereocenters. The zero-order valence-electron chi connectivity index (χ0n) is 8.03. The predicted molar refractivity (Wildman–Crippen MR) is 52.9 cm³/mol. The molecule has 3 nitrogen and oxygen atoms in total. The van der Waals surface area contributed by atoms with Gasteiger partial charge in [0.1, 0.15) is 11.5 Å². The molecule has 1 aromatic carbocycles. The van der Waals surface area contributed by atoms with Gasteiger partial charge < -0.3 is 9.47 Å². The van der Waals surface area contributed by atoms with E-state index in [1.54, 1.807) is 12.1 Å². The van der Waals surface area contributed by atoms with E-state index in [0.29, 0.717) is 28.9 Å². The van der Waals surface area contributed by atoms with E-state index in [1.807, 2.05) is 0 Å². The summed E-state index contributed by atoms with van der Waals surface area (Å²) >= 11 is 0. The Labute approximate surface area is 82.6 Å². The second-order valence-corrected chi connectivity index (χ2v) is 2.56. The summed E-state index contributed by atoms with van der Waals surface area (Å²) in [7, 11) is 2.99. The lowest BCUT2D eigenvalue weighted by Gasteiger charge is -2.08. The minimum absolute atomic E-state index is 0.418. The van der Waals surface area contributed by atoms with Crippen LogP contribution in [0.3, 0.4) is 0 Å². The van der Waals surface area contributed by atoms with Gasteiger partial charge in [-0.3, -0.25) is 4.79 Å². The second kappa shape index (κ2) is 4.33. The highest BCUT2D eigenvalue weighted by atomic mass is 16.5. The van der Waals surface area contributed by atoms with Gasteiger partial charge in [0.2, 0.25) is 0 Å². The van der Waals surface area contributed by atoms with Gasteiger partial charge in [0.15, 0.2) is 6.29 Å². The molecule has 0 fully saturated rings. The van der Waals surface area contributed by atoms with Crippen molar-refractivity contribution >= 4 is 6.29 Å². The van der Waals surface area contributed by atoms with E-state index in [2.05, 4.69) is 5.92 Å². The maximum absolute atomic E-state index is 10.7. The van der Waals surface area contributed by atoms with Crippen LogP contribution >= 0.6 is 0 Å². The van der Waals surface area contributed by atoms with Crippen LogP contribution < -0.4 is 9.47 Å². The third-order valence-electron chi connectivity index (χ3n) is 1.83. The predicted octanol–water partition coefficient (Wildman–Crippen LogP) is 1.50. The molecule has 0 aliphatic rings. The van der Waals surface area contributed by atoms with Gasteiger partial charge in [-0.25, -0.2) is 0 Å². The van der Waals surface area contributed by atoms with Gasteiger partial charge in [0, 0.05) is 6.07 Å². The van der Waals surface area contributed by atoms with Gasteiger partial charge in [0.25, 0.3) is 0 Å². The van der Waals surface area contributed by atoms with Gasteiger partial charge in [-0.2, -0.15) is 0 Å². The molecular weight excluding hydrogens is 180 g/mol. The molecule has 0 spiro atoms. The highest BCUT2D eigenvalue weighted by molar-refractivity contribution is 5.81. The zero-order valence-corrected chi connectivity index (χ0v) is 8.03. The molecule has 14 heavy (non-hydrogen) atoms. The molecule has 72 valence electrons. The fraction of sp³-hybridized carbons (Fsp3) is 0.182. The van der Waals surface area contributed by atoms with Crippen molar-refractivity contribution in [2.24, 2.45) is 0 Å². The van der Waals surface area contributed by atoms with Crippen LogP contribution in [0.4, 0.5) is 0 Å². The first-order valence-electron chi connectivity index (χ1n) is 3.94. The smallest absolute Gasteiger partial charge is 0.153 e. The topological polar surface area (TPSA) is 35.5 Å². The lowest BCUT2D eigenvalue weighted by atomic mass is 10.1. The van der Waals surface area contributed by atoms with Crippen LogP contribution in [-0.2, 0) is 0 Å². The first kappa shape index (κ1) is 10.1. The zero-order chi connectivity index (χ0) is 10.6. The molecule has 0 amide bonds. The van der Waals surface area contributed by atoms with E-state index in [-0.39, 0.29) is 0 Å². The summed E-state index contributed by atoms with van der Waals surface area (Å²) < 4.78 is 10.0. The quantitative estimate of drug-likeness (QED) is 0.535. The second-order valence-electron chi connectivity index (χ2n) is 2.56. The average molecular weight is 190 g/mol. The number of benzene rings is 1. The van der Waals surface area contributed by atoms with Crippen molar-refractivity contribution in [3.63, 3.8) is 0 Å². The maximum Gasteiger partial charge on any atom is 0.153 e. The normalized spacial score (nSPS) is 8.93. The maximum atomic E-state index is 10.7. The van der Waals surface area contributed by atoms with Crippen LogP contribution in [0.25, 0.3) is 0 Å². The van der Waals surface area contributed by atoms with Gasteiger partial charge in [-0.1, -0.05) is 5.92 Å². The lowest BCUT2D eigenvalue weighted by molar-refractivity contribution is 0.112. The third kappa shape index (κ3) is 1.69. The third-order valence-corrected chi connectivity index (χ3v) is 1.83. The van der Waals surface area contributed by atoms with Crippen molar-refractivity contribution in [3.05, 3.63) is 23.3 Å². The molecular formula is C11H10O3. The molecule has 0 heterocycles. The summed E-state index contributed by atoms with van der Waals surface area (Å²) in [5.74, 6) is 3.41. The Bertz CT molecular complexity index is 388. The fourth-order valence-corrected chi connectivity index (χ4v) is 1.13. The van der Waals surface area contributed by atoms with Crippen LogP contribution in [-0.4, -0.2) is 20.5 Å². The summed E-state index contributed by atoms with van der Waals surface area (Å²) in [6, 6.07) is 3.16. The molecule has 0 N–H and O–H groups in total. The monoisotopic (exact) mass is 190 g/mol. The summed E-state index contributed by atoms with van der Waals surface area (Å²) in [4.78, 5) is 10.7. The molecule has 3 heteroatoms. The number of ether oxygens (including phenoxy) is 2. The summed E-state index contributed by atoms with van der Waals surface area (Å²) in [5, 5.41) is 0. The molecule has 0 aliphatic carbocycles. The van der Waals surface area contributed by atoms with Crippen molar-refractivity contribution < 1.29 is 14.3 Å². The molecule has 1 aromatic rings. The summed E-state index contributed by atoms with van der Waals surface area (Å²) in [6.45, 7) is 0. The Kier molecular flexibility index (Phi) is 3.14. The summed E-state index contributed by atoms with van der Waals surface area (Å²) in [5.41, 5.74) is 0.955. The average Bonchev–Trinajstić information content (AvgIpc) is 2.26. The van der Waals surface area contributed by atoms with E-state index in [9.17, 15) is 4.79 Å². The molecule has 1 rings (SSSR count). The Hall–Kier alpha value is -1.95. The Balaban J connectivity index is 3.37. The fourth-order valence-electron chi connectivity index (χ4n) is 1.13. The minimum Gasteiger partial charge on any atom is -0.496 e. The molecule has 0 aromatic heterocycles. The molecule has 0 bridgehead atoms. The largest absolute Gasteiger partial charge is 0.496 e. The Morgan fingerprint density at radius 3 is 2.36 bits per heavy atom. The Morgan fingerprint density at radius 2 is 1.93 bits per heavy atom. The van der Waals surface area contributed by atoms with E-state index < -0.39 is 0 Å². The number of carbonyl (C=O) groups is 1. The van der Waals surface area contributed by atoms with Crippen LogP contribution in [0.15, 0.2) is 12.1 Å². The van der Waals surface area contributed by atoms with Gasteiger partial charge in [-0.15, -0.1) is 6.42 Å². The SMILES string of the molecule is C#Cc1cc(C=O)c(OC)cc1OC. The van der Waals surface area contributed by atoms with E-state index in [1.165, 1.54) is 14.2 Å². The minimum atomic E-state index is 0.418. The molecule has 0 atom stereocenters. The molecule has 0 radical (unpaired) electrons. The number of methoxy groups -OCH3 is 2. The van der Waals surface area contributed by atoms with Crippen molar-refractivity contribution in [1.82, 2.24) is 0 Å². The van der Waals surface area contributed by atoms with Crippen molar-refractivity contribution in [2.45, 2.75) is 0 Å². The number of hydrogen-bond acceptors (Lipinski definition) is 3. The molecule has 0 saturated carbocycles. The van der Waals surface area contributed by atoms with Crippen LogP contribution in [0.1, 0.15) is 15.9 Å². The van der Waals surface area contributed by atoms with Crippen LogP contribution in [0.2, 0.25) is 0 Å². The highest BCUT2D eigenvalue weighted by Gasteiger charge is 2.08. The number of rotatable bonds is 3. The van der Waals surface area contributed by atoms with E-state index in [0.717, 1.165) is 0 Å². The first-order chi connectivity index (χ1) is 6.76. The van der Waals surface area contributed by atoms with Gasteiger partial charge >= 0.3 is 0 Å². The first-order valence-corrected chi connectivity index (χ1v) is 3.94. The standard InChI is InChI=1S/C11H10O3/c1-4-8-5-9(7-12)11(14-3)6-10(8)13-2/h1,5-7H,2-3H3. The van der Waals surface area contributed by atoms with E-state index in [4.69, 9.17) is 15.9 Å². The number of aldehydes is 1.